The van der Waals surface area contributed by atoms with Crippen LogP contribution in [-0.4, -0.2) is 25.8 Å². The first-order chi connectivity index (χ1) is 9.67. The number of ether oxygens (including phenoxy) is 1. The van der Waals surface area contributed by atoms with E-state index in [4.69, 9.17) is 4.74 Å². The molecule has 1 fully saturated rings. The van der Waals surface area contributed by atoms with Crippen molar-refractivity contribution in [1.82, 2.24) is 5.32 Å². The van der Waals surface area contributed by atoms with E-state index in [1.807, 2.05) is 0 Å². The number of nitrogens with one attached hydrogen (secondary N) is 1. The minimum Gasteiger partial charge on any atom is -0.381 e. The van der Waals surface area contributed by atoms with Crippen molar-refractivity contribution >= 4 is 0 Å². The van der Waals surface area contributed by atoms with Gasteiger partial charge in [0.15, 0.2) is 0 Å². The minimum atomic E-state index is 0.586. The molecule has 1 saturated heterocycles. The molecule has 0 aromatic heterocycles. The van der Waals surface area contributed by atoms with Crippen LogP contribution in [0.4, 0.5) is 0 Å². The summed E-state index contributed by atoms with van der Waals surface area (Å²) in [6.07, 6.45) is 4.81. The zero-order valence-electron chi connectivity index (χ0n) is 13.2. The van der Waals surface area contributed by atoms with Gasteiger partial charge in [-0.3, -0.25) is 0 Å². The van der Waals surface area contributed by atoms with Crippen LogP contribution in [0.3, 0.4) is 0 Å². The van der Waals surface area contributed by atoms with E-state index in [1.165, 1.54) is 36.0 Å². The molecular formula is C18H29NO. The third-order valence-corrected chi connectivity index (χ3v) is 4.09. The van der Waals surface area contributed by atoms with Crippen molar-refractivity contribution < 1.29 is 4.74 Å². The van der Waals surface area contributed by atoms with Crippen LogP contribution in [0, 0.1) is 19.8 Å². The molecule has 112 valence electrons. The highest BCUT2D eigenvalue weighted by Gasteiger charge is 2.20. The standard InChI is InChI=1S/C18H29NO/c1-4-6-19-18(11-16-5-7-20-13-16)12-17-9-14(2)8-15(3)10-17/h8-10,16,18-19H,4-7,11-13H2,1-3H3. The smallest absolute Gasteiger partial charge is 0.0495 e. The van der Waals surface area contributed by atoms with Crippen LogP contribution < -0.4 is 5.32 Å². The summed E-state index contributed by atoms with van der Waals surface area (Å²) < 4.78 is 5.52. The number of aryl methyl sites for hydroxylation is 2. The molecule has 2 rings (SSSR count). The molecule has 0 saturated carbocycles. The van der Waals surface area contributed by atoms with Crippen molar-refractivity contribution in [3.63, 3.8) is 0 Å². The van der Waals surface area contributed by atoms with Gasteiger partial charge in [-0.15, -0.1) is 0 Å². The highest BCUT2D eigenvalue weighted by molar-refractivity contribution is 5.29. The number of hydrogen-bond acceptors (Lipinski definition) is 2. The molecule has 2 heteroatoms. The molecule has 0 radical (unpaired) electrons. The Labute approximate surface area is 123 Å². The van der Waals surface area contributed by atoms with Gasteiger partial charge in [-0.2, -0.15) is 0 Å². The molecule has 0 spiro atoms. The lowest BCUT2D eigenvalue weighted by Crippen LogP contribution is -2.34. The van der Waals surface area contributed by atoms with Crippen LogP contribution in [0.1, 0.15) is 42.9 Å². The summed E-state index contributed by atoms with van der Waals surface area (Å²) in [6, 6.07) is 7.50. The summed E-state index contributed by atoms with van der Waals surface area (Å²) in [7, 11) is 0. The second-order valence-electron chi connectivity index (χ2n) is 6.32. The Kier molecular flexibility index (Phi) is 6.06. The van der Waals surface area contributed by atoms with Gasteiger partial charge in [0.1, 0.15) is 0 Å². The summed E-state index contributed by atoms with van der Waals surface area (Å²) in [5.74, 6) is 0.746. The zero-order chi connectivity index (χ0) is 14.4. The zero-order valence-corrected chi connectivity index (χ0v) is 13.2. The topological polar surface area (TPSA) is 21.3 Å². The van der Waals surface area contributed by atoms with Gasteiger partial charge in [-0.1, -0.05) is 36.2 Å². The predicted octanol–water partition coefficient (Wildman–Crippen LogP) is 3.64. The third-order valence-electron chi connectivity index (χ3n) is 4.09. The molecule has 1 aromatic carbocycles. The van der Waals surface area contributed by atoms with Crippen LogP contribution in [0.15, 0.2) is 18.2 Å². The average molecular weight is 275 g/mol. The SMILES string of the molecule is CCCNC(Cc1cc(C)cc(C)c1)CC1CCOC1. The molecule has 2 unspecified atom stereocenters. The van der Waals surface area contributed by atoms with Crippen molar-refractivity contribution in [2.45, 2.75) is 52.5 Å². The average Bonchev–Trinajstić information content (AvgIpc) is 2.87. The Hall–Kier alpha value is -0.860. The van der Waals surface area contributed by atoms with E-state index in [-0.39, 0.29) is 0 Å². The normalized spacial score (nSPS) is 20.2. The summed E-state index contributed by atoms with van der Waals surface area (Å²) in [6.45, 7) is 9.64. The van der Waals surface area contributed by atoms with Gasteiger partial charge in [-0.25, -0.2) is 0 Å². The first-order valence-corrected chi connectivity index (χ1v) is 8.05. The Morgan fingerprint density at radius 1 is 1.25 bits per heavy atom. The Morgan fingerprint density at radius 3 is 2.60 bits per heavy atom. The van der Waals surface area contributed by atoms with E-state index in [2.05, 4.69) is 44.3 Å². The van der Waals surface area contributed by atoms with E-state index < -0.39 is 0 Å². The Morgan fingerprint density at radius 2 is 2.00 bits per heavy atom. The van der Waals surface area contributed by atoms with E-state index in [1.54, 1.807) is 0 Å². The molecule has 1 heterocycles. The molecule has 2 atom stereocenters. The molecule has 0 aliphatic carbocycles. The molecule has 1 aromatic rings. The molecule has 1 N–H and O–H groups in total. The van der Waals surface area contributed by atoms with Gasteiger partial charge in [0, 0.05) is 19.3 Å². The molecule has 20 heavy (non-hydrogen) atoms. The summed E-state index contributed by atoms with van der Waals surface area (Å²) in [4.78, 5) is 0. The summed E-state index contributed by atoms with van der Waals surface area (Å²) in [5, 5.41) is 3.73. The van der Waals surface area contributed by atoms with E-state index in [0.717, 1.165) is 32.1 Å². The van der Waals surface area contributed by atoms with Crippen molar-refractivity contribution in [2.24, 2.45) is 5.92 Å². The second kappa shape index (κ2) is 7.80. The monoisotopic (exact) mass is 275 g/mol. The molecule has 0 bridgehead atoms. The van der Waals surface area contributed by atoms with Crippen LogP contribution >= 0.6 is 0 Å². The van der Waals surface area contributed by atoms with Gasteiger partial charge in [0.2, 0.25) is 0 Å². The van der Waals surface area contributed by atoms with E-state index in [0.29, 0.717) is 6.04 Å². The van der Waals surface area contributed by atoms with Gasteiger partial charge in [-0.05, 0) is 57.6 Å². The first-order valence-electron chi connectivity index (χ1n) is 8.05. The lowest BCUT2D eigenvalue weighted by molar-refractivity contribution is 0.181. The summed E-state index contributed by atoms with van der Waals surface area (Å²) >= 11 is 0. The molecule has 0 amide bonds. The maximum Gasteiger partial charge on any atom is 0.0495 e. The largest absolute Gasteiger partial charge is 0.381 e. The number of rotatable bonds is 7. The van der Waals surface area contributed by atoms with Crippen molar-refractivity contribution in [3.8, 4) is 0 Å². The fourth-order valence-corrected chi connectivity index (χ4v) is 3.23. The van der Waals surface area contributed by atoms with Gasteiger partial charge < -0.3 is 10.1 Å². The van der Waals surface area contributed by atoms with Gasteiger partial charge in [0.25, 0.3) is 0 Å². The Balaban J connectivity index is 1.97. The molecule has 2 nitrogen and oxygen atoms in total. The fraction of sp³-hybridized carbons (Fsp3) is 0.667. The summed E-state index contributed by atoms with van der Waals surface area (Å²) in [5.41, 5.74) is 4.21. The van der Waals surface area contributed by atoms with Crippen LogP contribution in [0.5, 0.6) is 0 Å². The minimum absolute atomic E-state index is 0.586. The van der Waals surface area contributed by atoms with Crippen molar-refractivity contribution in [3.05, 3.63) is 34.9 Å². The van der Waals surface area contributed by atoms with E-state index >= 15 is 0 Å². The van der Waals surface area contributed by atoms with Crippen molar-refractivity contribution in [1.29, 1.82) is 0 Å². The Bertz CT molecular complexity index is 390. The molecule has 1 aliphatic heterocycles. The fourth-order valence-electron chi connectivity index (χ4n) is 3.23. The second-order valence-corrected chi connectivity index (χ2v) is 6.32. The number of hydrogen-bond donors (Lipinski definition) is 1. The quantitative estimate of drug-likeness (QED) is 0.820. The lowest BCUT2D eigenvalue weighted by Gasteiger charge is -2.22. The van der Waals surface area contributed by atoms with E-state index in [9.17, 15) is 0 Å². The maximum absolute atomic E-state index is 5.52. The lowest BCUT2D eigenvalue weighted by atomic mass is 9.93. The highest BCUT2D eigenvalue weighted by atomic mass is 16.5. The molecule has 1 aliphatic rings. The third kappa shape index (κ3) is 4.92. The van der Waals surface area contributed by atoms with Crippen LogP contribution in [-0.2, 0) is 11.2 Å². The van der Waals surface area contributed by atoms with Crippen LogP contribution in [0.25, 0.3) is 0 Å². The predicted molar refractivity (Wildman–Crippen MR) is 85.2 cm³/mol. The van der Waals surface area contributed by atoms with Gasteiger partial charge >= 0.3 is 0 Å². The number of benzene rings is 1. The van der Waals surface area contributed by atoms with Crippen LogP contribution in [0.2, 0.25) is 0 Å². The van der Waals surface area contributed by atoms with Crippen molar-refractivity contribution in [2.75, 3.05) is 19.8 Å². The maximum atomic E-state index is 5.52. The molecular weight excluding hydrogens is 246 g/mol. The highest BCUT2D eigenvalue weighted by Crippen LogP contribution is 2.21. The van der Waals surface area contributed by atoms with Gasteiger partial charge in [0.05, 0.1) is 0 Å². The first kappa shape index (κ1) is 15.5.